The average molecular weight is 296 g/mol. The van der Waals surface area contributed by atoms with Gasteiger partial charge in [-0.15, -0.1) is 11.3 Å². The van der Waals surface area contributed by atoms with E-state index in [1.807, 2.05) is 6.92 Å². The lowest BCUT2D eigenvalue weighted by atomic mass is 10.2. The van der Waals surface area contributed by atoms with E-state index in [2.05, 4.69) is 4.98 Å². The number of aromatic nitrogens is 1. The molecule has 0 unspecified atom stereocenters. The molecule has 0 spiro atoms. The summed E-state index contributed by atoms with van der Waals surface area (Å²) < 4.78 is 19.1. The maximum Gasteiger partial charge on any atom is 0.165 e. The van der Waals surface area contributed by atoms with E-state index in [0.29, 0.717) is 18.6 Å². The van der Waals surface area contributed by atoms with E-state index in [4.69, 9.17) is 22.7 Å². The molecule has 0 aliphatic heterocycles. The summed E-state index contributed by atoms with van der Waals surface area (Å²) in [5.74, 6) is -0.242. The molecule has 2 aromatic rings. The summed E-state index contributed by atoms with van der Waals surface area (Å²) in [4.78, 5) is 5.48. The molecule has 0 amide bonds. The molecule has 100 valence electrons. The zero-order valence-corrected chi connectivity index (χ0v) is 12.0. The lowest BCUT2D eigenvalue weighted by Crippen LogP contribution is -2.10. The van der Waals surface area contributed by atoms with E-state index in [9.17, 15) is 4.39 Å². The molecule has 1 heterocycles. The summed E-state index contributed by atoms with van der Waals surface area (Å²) in [7, 11) is 0. The molecule has 1 aromatic carbocycles. The lowest BCUT2D eigenvalue weighted by Gasteiger charge is -2.08. The number of thiocarbonyl (C=S) groups is 1. The Kier molecular flexibility index (Phi) is 4.44. The summed E-state index contributed by atoms with van der Waals surface area (Å²) in [6.45, 7) is 2.36. The summed E-state index contributed by atoms with van der Waals surface area (Å²) >= 11 is 6.36. The molecule has 2 N–H and O–H groups in total. The van der Waals surface area contributed by atoms with Gasteiger partial charge < -0.3 is 10.5 Å². The normalized spacial score (nSPS) is 10.4. The van der Waals surface area contributed by atoms with Crippen molar-refractivity contribution in [2.75, 3.05) is 6.61 Å². The zero-order chi connectivity index (χ0) is 13.8. The molecule has 0 bridgehead atoms. The second-order valence-electron chi connectivity index (χ2n) is 3.97. The van der Waals surface area contributed by atoms with Crippen LogP contribution in [-0.2, 0) is 6.42 Å². The Balaban J connectivity index is 1.96. The molecule has 3 nitrogen and oxygen atoms in total. The summed E-state index contributed by atoms with van der Waals surface area (Å²) in [6, 6.07) is 4.48. The number of ether oxygens (including phenoxy) is 1. The highest BCUT2D eigenvalue weighted by Gasteiger charge is 2.07. The number of nitrogens with two attached hydrogens (primary N) is 1. The first-order chi connectivity index (χ1) is 9.08. The minimum absolute atomic E-state index is 0.172. The number of rotatable bonds is 5. The van der Waals surface area contributed by atoms with Gasteiger partial charge in [0.15, 0.2) is 11.6 Å². The standard InChI is InChI=1S/C13H13FN2OS2/c1-8-12(19-7-16-8)4-5-17-11-3-2-9(13(15)18)6-10(11)14/h2-3,6-7H,4-5H2,1H3,(H2,15,18). The number of halogens is 1. The molecule has 6 heteroatoms. The maximum atomic E-state index is 13.7. The van der Waals surface area contributed by atoms with Crippen molar-refractivity contribution in [3.8, 4) is 5.75 Å². The van der Waals surface area contributed by atoms with Crippen LogP contribution in [0.2, 0.25) is 0 Å². The molecule has 0 atom stereocenters. The van der Waals surface area contributed by atoms with Crippen molar-refractivity contribution in [1.82, 2.24) is 4.98 Å². The highest BCUT2D eigenvalue weighted by molar-refractivity contribution is 7.80. The second kappa shape index (κ2) is 6.08. The first-order valence-corrected chi connectivity index (χ1v) is 6.98. The zero-order valence-electron chi connectivity index (χ0n) is 10.4. The van der Waals surface area contributed by atoms with Crippen molar-refractivity contribution >= 4 is 28.5 Å². The van der Waals surface area contributed by atoms with E-state index in [1.165, 1.54) is 6.07 Å². The molecule has 19 heavy (non-hydrogen) atoms. The van der Waals surface area contributed by atoms with E-state index >= 15 is 0 Å². The van der Waals surface area contributed by atoms with E-state index in [0.717, 1.165) is 10.6 Å². The van der Waals surface area contributed by atoms with Crippen LogP contribution in [0.1, 0.15) is 16.1 Å². The fraction of sp³-hybridized carbons (Fsp3) is 0.231. The summed E-state index contributed by atoms with van der Waals surface area (Å²) in [5.41, 5.74) is 8.72. The highest BCUT2D eigenvalue weighted by atomic mass is 32.1. The number of nitrogens with zero attached hydrogens (tertiary/aromatic N) is 1. The Morgan fingerprint density at radius 1 is 1.53 bits per heavy atom. The monoisotopic (exact) mass is 296 g/mol. The van der Waals surface area contributed by atoms with Crippen molar-refractivity contribution < 1.29 is 9.13 Å². The SMILES string of the molecule is Cc1ncsc1CCOc1ccc(C(N)=S)cc1F. The maximum absolute atomic E-state index is 13.7. The molecule has 0 aliphatic carbocycles. The van der Waals surface area contributed by atoms with Crippen LogP contribution < -0.4 is 10.5 Å². The third-order valence-electron chi connectivity index (χ3n) is 2.65. The van der Waals surface area contributed by atoms with Crippen LogP contribution in [0.3, 0.4) is 0 Å². The van der Waals surface area contributed by atoms with E-state index in [1.54, 1.807) is 29.0 Å². The quantitative estimate of drug-likeness (QED) is 0.862. The minimum atomic E-state index is -0.452. The predicted molar refractivity (Wildman–Crippen MR) is 78.3 cm³/mol. The van der Waals surface area contributed by atoms with Gasteiger partial charge in [0.05, 0.1) is 17.8 Å². The van der Waals surface area contributed by atoms with Crippen molar-refractivity contribution in [3.63, 3.8) is 0 Å². The third-order valence-corrected chi connectivity index (χ3v) is 3.88. The highest BCUT2D eigenvalue weighted by Crippen LogP contribution is 2.19. The number of benzene rings is 1. The first kappa shape index (κ1) is 13.9. The topological polar surface area (TPSA) is 48.1 Å². The van der Waals surface area contributed by atoms with Crippen molar-refractivity contribution in [2.45, 2.75) is 13.3 Å². The number of hydrogen-bond donors (Lipinski definition) is 1. The Labute approximate surface area is 120 Å². The fourth-order valence-corrected chi connectivity index (χ4v) is 2.48. The minimum Gasteiger partial charge on any atom is -0.490 e. The largest absolute Gasteiger partial charge is 0.490 e. The van der Waals surface area contributed by atoms with Gasteiger partial charge in [0.1, 0.15) is 4.99 Å². The van der Waals surface area contributed by atoms with Crippen LogP contribution in [0.25, 0.3) is 0 Å². The Bertz CT molecular complexity index is 598. The van der Waals surface area contributed by atoms with Crippen LogP contribution in [0, 0.1) is 12.7 Å². The van der Waals surface area contributed by atoms with Crippen LogP contribution in [0.15, 0.2) is 23.7 Å². The Morgan fingerprint density at radius 3 is 2.89 bits per heavy atom. The van der Waals surface area contributed by atoms with Gasteiger partial charge in [-0.05, 0) is 25.1 Å². The van der Waals surface area contributed by atoms with E-state index < -0.39 is 5.82 Å². The van der Waals surface area contributed by atoms with Crippen molar-refractivity contribution in [2.24, 2.45) is 5.73 Å². The fourth-order valence-electron chi connectivity index (χ4n) is 1.59. The molecule has 1 aromatic heterocycles. The number of thiazole rings is 1. The van der Waals surface area contributed by atoms with Gasteiger partial charge in [0.2, 0.25) is 0 Å². The molecular formula is C13H13FN2OS2. The molecule has 0 radical (unpaired) electrons. The smallest absolute Gasteiger partial charge is 0.165 e. The summed E-state index contributed by atoms with van der Waals surface area (Å²) in [5, 5.41) is 0. The molecule has 2 rings (SSSR count). The second-order valence-corrected chi connectivity index (χ2v) is 5.35. The van der Waals surface area contributed by atoms with E-state index in [-0.39, 0.29) is 10.7 Å². The van der Waals surface area contributed by atoms with Gasteiger partial charge in [-0.1, -0.05) is 12.2 Å². The van der Waals surface area contributed by atoms with Gasteiger partial charge in [-0.3, -0.25) is 0 Å². The number of hydrogen-bond acceptors (Lipinski definition) is 4. The van der Waals surface area contributed by atoms with Crippen LogP contribution in [0.5, 0.6) is 5.75 Å². The van der Waals surface area contributed by atoms with Gasteiger partial charge in [-0.25, -0.2) is 9.37 Å². The van der Waals surface area contributed by atoms with Crippen LogP contribution in [0.4, 0.5) is 4.39 Å². The summed E-state index contributed by atoms with van der Waals surface area (Å²) in [6.07, 6.45) is 0.715. The Morgan fingerprint density at radius 2 is 2.32 bits per heavy atom. The molecule has 0 aliphatic rings. The van der Waals surface area contributed by atoms with Gasteiger partial charge in [0, 0.05) is 16.9 Å². The van der Waals surface area contributed by atoms with Crippen LogP contribution in [-0.4, -0.2) is 16.6 Å². The van der Waals surface area contributed by atoms with Crippen molar-refractivity contribution in [3.05, 3.63) is 45.7 Å². The molecule has 0 fully saturated rings. The first-order valence-electron chi connectivity index (χ1n) is 5.69. The molecule has 0 saturated heterocycles. The van der Waals surface area contributed by atoms with Gasteiger partial charge in [-0.2, -0.15) is 0 Å². The lowest BCUT2D eigenvalue weighted by molar-refractivity contribution is 0.306. The molecule has 0 saturated carbocycles. The van der Waals surface area contributed by atoms with Crippen LogP contribution >= 0.6 is 23.6 Å². The van der Waals surface area contributed by atoms with Gasteiger partial charge >= 0.3 is 0 Å². The van der Waals surface area contributed by atoms with Crippen molar-refractivity contribution in [1.29, 1.82) is 0 Å². The predicted octanol–water partition coefficient (Wildman–Crippen LogP) is 2.85. The van der Waals surface area contributed by atoms with Gasteiger partial charge in [0.25, 0.3) is 0 Å². The average Bonchev–Trinajstić information content (AvgIpc) is 2.77. The number of aryl methyl sites for hydroxylation is 1. The third kappa shape index (κ3) is 3.48. The Hall–Kier alpha value is -1.53. The molecular weight excluding hydrogens is 283 g/mol.